The highest BCUT2D eigenvalue weighted by molar-refractivity contribution is 8.00. The Hall–Kier alpha value is -3.25. The van der Waals surface area contributed by atoms with Crippen LogP contribution in [0.2, 0.25) is 0 Å². The van der Waals surface area contributed by atoms with Crippen LogP contribution in [0.3, 0.4) is 0 Å². The Kier molecular flexibility index (Phi) is 5.38. The minimum absolute atomic E-state index is 0.299. The normalized spacial score (nSPS) is 17.6. The number of nitrogens with zero attached hydrogens (tertiary/aromatic N) is 2. The number of rotatable bonds is 6. The molecule has 1 unspecified atom stereocenters. The van der Waals surface area contributed by atoms with Gasteiger partial charge < -0.3 is 14.8 Å². The predicted molar refractivity (Wildman–Crippen MR) is 128 cm³/mol. The molecule has 1 saturated heterocycles. The highest BCUT2D eigenvalue weighted by atomic mass is 32.2. The van der Waals surface area contributed by atoms with Crippen LogP contribution in [0.4, 0.5) is 11.6 Å². The van der Waals surface area contributed by atoms with Crippen LogP contribution in [0, 0.1) is 5.92 Å². The van der Waals surface area contributed by atoms with Crippen molar-refractivity contribution in [2.75, 3.05) is 16.6 Å². The highest BCUT2D eigenvalue weighted by Gasteiger charge is 2.25. The summed E-state index contributed by atoms with van der Waals surface area (Å²) in [6.07, 6.45) is 6.17. The van der Waals surface area contributed by atoms with Gasteiger partial charge in [-0.15, -0.1) is 0 Å². The van der Waals surface area contributed by atoms with Gasteiger partial charge in [0.25, 0.3) is 0 Å². The van der Waals surface area contributed by atoms with E-state index in [-0.39, 0.29) is 0 Å². The summed E-state index contributed by atoms with van der Waals surface area (Å²) in [7, 11) is 0. The average molecular weight is 429 g/mol. The van der Waals surface area contributed by atoms with Crippen molar-refractivity contribution in [2.45, 2.75) is 24.7 Å². The molecular formula is C25H24N4OS. The molecule has 2 bridgehead atoms. The molecule has 31 heavy (non-hydrogen) atoms. The second kappa shape index (κ2) is 8.47. The Morgan fingerprint density at radius 1 is 1.06 bits per heavy atom. The molecule has 2 aromatic carbocycles. The summed E-state index contributed by atoms with van der Waals surface area (Å²) in [6, 6.07) is 16.4. The fraction of sp³-hybridized carbons (Fsp3) is 0.200. The molecule has 2 heterocycles. The molecule has 1 aromatic heterocycles. The number of anilines is 2. The van der Waals surface area contributed by atoms with Gasteiger partial charge in [-0.2, -0.15) is 0 Å². The van der Waals surface area contributed by atoms with Gasteiger partial charge in [0.1, 0.15) is 5.76 Å². The number of allylic oxidation sites excluding steroid dienone is 3. The van der Waals surface area contributed by atoms with Gasteiger partial charge >= 0.3 is 0 Å². The minimum Gasteiger partial charge on any atom is -0.493 e. The lowest BCUT2D eigenvalue weighted by atomic mass is 9.88. The zero-order chi connectivity index (χ0) is 21.2. The van der Waals surface area contributed by atoms with Gasteiger partial charge in [0, 0.05) is 22.6 Å². The molecule has 156 valence electrons. The molecule has 0 spiro atoms. The van der Waals surface area contributed by atoms with E-state index in [9.17, 15) is 0 Å². The molecule has 1 aliphatic carbocycles. The van der Waals surface area contributed by atoms with E-state index < -0.39 is 0 Å². The first-order valence-electron chi connectivity index (χ1n) is 10.5. The number of aromatic nitrogens is 2. The number of hydrogen-bond acceptors (Lipinski definition) is 6. The predicted octanol–water partition coefficient (Wildman–Crippen LogP) is 6.10. The smallest absolute Gasteiger partial charge is 0.180 e. The molecule has 1 fully saturated rings. The first-order valence-corrected chi connectivity index (χ1v) is 11.3. The monoisotopic (exact) mass is 428 g/mol. The number of nitrogens with one attached hydrogen (secondary N) is 2. The first kappa shape index (κ1) is 19.7. The van der Waals surface area contributed by atoms with Crippen LogP contribution in [-0.2, 0) is 11.2 Å². The lowest BCUT2D eigenvalue weighted by Gasteiger charge is -2.30. The number of aryl methyl sites for hydroxylation is 1. The lowest BCUT2D eigenvalue weighted by Crippen LogP contribution is -2.21. The van der Waals surface area contributed by atoms with Crippen molar-refractivity contribution in [1.29, 1.82) is 0 Å². The zero-order valence-electron chi connectivity index (χ0n) is 17.4. The molecule has 0 saturated carbocycles. The van der Waals surface area contributed by atoms with Crippen molar-refractivity contribution in [2.24, 2.45) is 5.92 Å². The summed E-state index contributed by atoms with van der Waals surface area (Å²) in [6.45, 7) is 7.06. The van der Waals surface area contributed by atoms with Crippen LogP contribution in [0.25, 0.3) is 11.0 Å². The molecule has 1 atom stereocenters. The molecule has 5 nitrogen and oxygen atoms in total. The van der Waals surface area contributed by atoms with Gasteiger partial charge in [0.15, 0.2) is 11.6 Å². The van der Waals surface area contributed by atoms with Gasteiger partial charge in [-0.05, 0) is 60.2 Å². The van der Waals surface area contributed by atoms with E-state index in [0.29, 0.717) is 17.6 Å². The number of ether oxygens (including phenoxy) is 1. The molecule has 0 radical (unpaired) electrons. The average Bonchev–Trinajstić information content (AvgIpc) is 2.78. The van der Waals surface area contributed by atoms with Crippen molar-refractivity contribution >= 4 is 34.6 Å². The highest BCUT2D eigenvalue weighted by Crippen LogP contribution is 2.36. The van der Waals surface area contributed by atoms with Crippen LogP contribution in [0.5, 0.6) is 0 Å². The number of hydrogen-bond donors (Lipinski definition) is 2. The van der Waals surface area contributed by atoms with Gasteiger partial charge in [-0.3, -0.25) is 0 Å². The Morgan fingerprint density at radius 2 is 1.81 bits per heavy atom. The van der Waals surface area contributed by atoms with E-state index in [2.05, 4.69) is 53.9 Å². The molecule has 6 heteroatoms. The fourth-order valence-electron chi connectivity index (χ4n) is 3.74. The third-order valence-corrected chi connectivity index (χ3v) is 6.35. The van der Waals surface area contributed by atoms with E-state index in [0.717, 1.165) is 52.4 Å². The zero-order valence-corrected chi connectivity index (χ0v) is 18.2. The maximum absolute atomic E-state index is 5.78. The largest absolute Gasteiger partial charge is 0.493 e. The molecule has 2 aliphatic rings. The van der Waals surface area contributed by atoms with Crippen LogP contribution in [-0.4, -0.2) is 16.6 Å². The van der Waals surface area contributed by atoms with Gasteiger partial charge in [-0.1, -0.05) is 43.8 Å². The summed E-state index contributed by atoms with van der Waals surface area (Å²) >= 11 is 1.53. The SMILES string of the molecule is C=C1C2=CC(Nc3nc4ccccc4nc3NSc3ccc(CC)cc3)=CC1CCO2. The van der Waals surface area contributed by atoms with Crippen LogP contribution >= 0.6 is 11.9 Å². The summed E-state index contributed by atoms with van der Waals surface area (Å²) in [4.78, 5) is 10.8. The van der Waals surface area contributed by atoms with E-state index >= 15 is 0 Å². The summed E-state index contributed by atoms with van der Waals surface area (Å²) in [5.74, 6) is 2.53. The fourth-order valence-corrected chi connectivity index (χ4v) is 4.37. The molecule has 0 amide bonds. The summed E-state index contributed by atoms with van der Waals surface area (Å²) in [5, 5.41) is 3.46. The second-order valence-corrected chi connectivity index (χ2v) is 8.52. The number of fused-ring (bicyclic) bond motifs is 3. The summed E-state index contributed by atoms with van der Waals surface area (Å²) in [5.41, 5.74) is 5.02. The second-order valence-electron chi connectivity index (χ2n) is 7.64. The van der Waals surface area contributed by atoms with E-state index in [1.54, 1.807) is 0 Å². The quantitative estimate of drug-likeness (QED) is 0.463. The number of para-hydroxylation sites is 2. The Morgan fingerprint density at radius 3 is 2.52 bits per heavy atom. The minimum atomic E-state index is 0.299. The van der Waals surface area contributed by atoms with Crippen molar-refractivity contribution < 1.29 is 4.74 Å². The molecular weight excluding hydrogens is 404 g/mol. The Bertz CT molecular complexity index is 1200. The first-order chi connectivity index (χ1) is 15.2. The van der Waals surface area contributed by atoms with Crippen molar-refractivity contribution in [1.82, 2.24) is 9.97 Å². The van der Waals surface area contributed by atoms with Crippen molar-refractivity contribution in [3.05, 3.63) is 89.9 Å². The maximum atomic E-state index is 5.78. The van der Waals surface area contributed by atoms with E-state index in [4.69, 9.17) is 14.7 Å². The molecule has 2 N–H and O–H groups in total. The topological polar surface area (TPSA) is 59.1 Å². The third kappa shape index (κ3) is 4.16. The van der Waals surface area contributed by atoms with Crippen molar-refractivity contribution in [3.8, 4) is 0 Å². The Labute approximate surface area is 186 Å². The van der Waals surface area contributed by atoms with Gasteiger partial charge in [0.05, 0.1) is 17.6 Å². The van der Waals surface area contributed by atoms with Gasteiger partial charge in [-0.25, -0.2) is 9.97 Å². The number of benzene rings is 2. The van der Waals surface area contributed by atoms with Gasteiger partial charge in [0.2, 0.25) is 0 Å². The third-order valence-electron chi connectivity index (χ3n) is 5.55. The maximum Gasteiger partial charge on any atom is 0.180 e. The molecule has 5 rings (SSSR count). The van der Waals surface area contributed by atoms with Crippen molar-refractivity contribution in [3.63, 3.8) is 0 Å². The Balaban J connectivity index is 1.44. The van der Waals surface area contributed by atoms with Crippen LogP contribution in [0.15, 0.2) is 89.2 Å². The lowest BCUT2D eigenvalue weighted by molar-refractivity contribution is 0.177. The van der Waals surface area contributed by atoms with E-state index in [1.807, 2.05) is 30.3 Å². The standard InChI is InChI=1S/C25H24N4OS/c1-3-17-8-10-20(11-9-17)31-29-25-24(27-21-6-4-5-7-22(21)28-25)26-19-14-18-12-13-30-23(15-19)16(18)2/h4-11,14-15,18H,2-3,12-13H2,1H3,(H,26,27)(H,28,29). The molecule has 3 aromatic rings. The van der Waals surface area contributed by atoms with Crippen LogP contribution in [0.1, 0.15) is 18.9 Å². The molecule has 1 aliphatic heterocycles. The van der Waals surface area contributed by atoms with E-state index in [1.165, 1.54) is 17.5 Å². The van der Waals surface area contributed by atoms with Crippen LogP contribution < -0.4 is 10.0 Å². The summed E-state index contributed by atoms with van der Waals surface area (Å²) < 4.78 is 9.17.